The number of ketones is 1. The molecule has 0 unspecified atom stereocenters. The molecule has 0 bridgehead atoms. The number of rotatable bonds is 2. The van der Waals surface area contributed by atoms with Gasteiger partial charge in [0.2, 0.25) is 5.78 Å². The van der Waals surface area contributed by atoms with Crippen molar-refractivity contribution >= 4 is 11.4 Å². The summed E-state index contributed by atoms with van der Waals surface area (Å²) in [5.41, 5.74) is 0.604. The lowest BCUT2D eigenvalue weighted by Gasteiger charge is -2.04. The molecule has 84 valence electrons. The molecule has 0 aliphatic heterocycles. The fraction of sp³-hybridized carbons (Fsp3) is 0.222. The van der Waals surface area contributed by atoms with E-state index in [4.69, 9.17) is 0 Å². The van der Waals surface area contributed by atoms with Gasteiger partial charge in [-0.05, 0) is 0 Å². The summed E-state index contributed by atoms with van der Waals surface area (Å²) < 4.78 is 37.5. The number of imidazole rings is 1. The quantitative estimate of drug-likeness (QED) is 0.782. The van der Waals surface area contributed by atoms with Crippen molar-refractivity contribution in [2.24, 2.45) is 0 Å². The molecule has 0 saturated heterocycles. The van der Waals surface area contributed by atoms with Gasteiger partial charge >= 0.3 is 6.18 Å². The van der Waals surface area contributed by atoms with Crippen molar-refractivity contribution in [1.82, 2.24) is 14.4 Å². The highest BCUT2D eigenvalue weighted by Crippen LogP contribution is 2.19. The average molecular weight is 229 g/mol. The molecule has 2 heterocycles. The van der Waals surface area contributed by atoms with Crippen molar-refractivity contribution in [3.8, 4) is 0 Å². The van der Waals surface area contributed by atoms with Gasteiger partial charge in [0.25, 0.3) is 0 Å². The second-order valence-electron chi connectivity index (χ2n) is 3.15. The second kappa shape index (κ2) is 3.58. The number of carbonyl (C=O) groups is 1. The number of alkyl halides is 3. The van der Waals surface area contributed by atoms with E-state index in [1.807, 2.05) is 0 Å². The summed E-state index contributed by atoms with van der Waals surface area (Å²) in [7, 11) is 0. The van der Waals surface area contributed by atoms with Crippen LogP contribution in [0.2, 0.25) is 0 Å². The molecule has 0 atom stereocenters. The number of nitrogens with zero attached hydrogens (tertiary/aromatic N) is 3. The zero-order chi connectivity index (χ0) is 11.8. The van der Waals surface area contributed by atoms with E-state index < -0.39 is 18.4 Å². The van der Waals surface area contributed by atoms with Crippen LogP contribution in [0.3, 0.4) is 0 Å². The Morgan fingerprint density at radius 2 is 2.12 bits per heavy atom. The summed E-state index contributed by atoms with van der Waals surface area (Å²) in [6.45, 7) is 0. The standard InChI is InChI=1S/C9H6F3N3O/c10-9(11,12)7(16)3-6-4-14-8-5-13-1-2-15(6)8/h1-2,4-5H,3H2. The summed E-state index contributed by atoms with van der Waals surface area (Å²) in [5.74, 6) is -1.79. The van der Waals surface area contributed by atoms with Crippen molar-refractivity contribution in [2.45, 2.75) is 12.6 Å². The Morgan fingerprint density at radius 1 is 1.38 bits per heavy atom. The van der Waals surface area contributed by atoms with Gasteiger partial charge in [-0.3, -0.25) is 9.78 Å². The van der Waals surface area contributed by atoms with E-state index in [0.717, 1.165) is 0 Å². The van der Waals surface area contributed by atoms with Gasteiger partial charge in [-0.25, -0.2) is 4.98 Å². The molecule has 0 radical (unpaired) electrons. The van der Waals surface area contributed by atoms with E-state index in [9.17, 15) is 18.0 Å². The molecule has 0 N–H and O–H groups in total. The Morgan fingerprint density at radius 3 is 2.81 bits per heavy atom. The van der Waals surface area contributed by atoms with Crippen LogP contribution >= 0.6 is 0 Å². The number of hydrogen-bond donors (Lipinski definition) is 0. The van der Waals surface area contributed by atoms with Gasteiger partial charge in [0.15, 0.2) is 5.65 Å². The maximum atomic E-state index is 12.0. The Balaban J connectivity index is 2.32. The Bertz CT molecular complexity index is 532. The highest BCUT2D eigenvalue weighted by molar-refractivity contribution is 5.85. The van der Waals surface area contributed by atoms with Gasteiger partial charge in [0, 0.05) is 18.6 Å². The van der Waals surface area contributed by atoms with Gasteiger partial charge in [-0.1, -0.05) is 0 Å². The molecule has 0 aliphatic rings. The predicted octanol–water partition coefficient (Wildman–Crippen LogP) is 1.40. The molecular formula is C9H6F3N3O. The monoisotopic (exact) mass is 229 g/mol. The number of halogens is 3. The van der Waals surface area contributed by atoms with Crippen LogP contribution in [0.1, 0.15) is 5.69 Å². The molecule has 0 saturated carbocycles. The minimum Gasteiger partial charge on any atom is -0.301 e. The molecule has 16 heavy (non-hydrogen) atoms. The molecule has 2 aromatic rings. The van der Waals surface area contributed by atoms with Crippen LogP contribution in [0.15, 0.2) is 24.8 Å². The first-order chi connectivity index (χ1) is 7.48. The van der Waals surface area contributed by atoms with Crippen LogP contribution in [0.5, 0.6) is 0 Å². The summed E-state index contributed by atoms with van der Waals surface area (Å²) in [6.07, 6.45) is -0.00829. The number of carbonyl (C=O) groups excluding carboxylic acids is 1. The van der Waals surface area contributed by atoms with E-state index in [1.165, 1.54) is 29.2 Å². The summed E-state index contributed by atoms with van der Waals surface area (Å²) in [5, 5.41) is 0. The van der Waals surface area contributed by atoms with Crippen molar-refractivity contribution in [3.05, 3.63) is 30.5 Å². The van der Waals surface area contributed by atoms with Crippen LogP contribution in [0, 0.1) is 0 Å². The lowest BCUT2D eigenvalue weighted by molar-refractivity contribution is -0.170. The molecule has 7 heteroatoms. The van der Waals surface area contributed by atoms with Crippen molar-refractivity contribution in [1.29, 1.82) is 0 Å². The molecule has 0 aliphatic carbocycles. The topological polar surface area (TPSA) is 47.3 Å². The molecule has 0 spiro atoms. The second-order valence-corrected chi connectivity index (χ2v) is 3.15. The lowest BCUT2D eigenvalue weighted by atomic mass is 10.2. The molecule has 4 nitrogen and oxygen atoms in total. The zero-order valence-electron chi connectivity index (χ0n) is 7.90. The van der Waals surface area contributed by atoms with Gasteiger partial charge in [0.1, 0.15) is 0 Å². The van der Waals surface area contributed by atoms with Gasteiger partial charge in [-0.2, -0.15) is 13.2 Å². The average Bonchev–Trinajstić information content (AvgIpc) is 2.61. The Hall–Kier alpha value is -1.92. The molecule has 0 aromatic carbocycles. The number of fused-ring (bicyclic) bond motifs is 1. The first kappa shape index (κ1) is 10.6. The maximum absolute atomic E-state index is 12.0. The molecule has 2 rings (SSSR count). The fourth-order valence-electron chi connectivity index (χ4n) is 1.29. The molecule has 0 fully saturated rings. The largest absolute Gasteiger partial charge is 0.450 e. The minimum atomic E-state index is -4.81. The van der Waals surface area contributed by atoms with Gasteiger partial charge in [0.05, 0.1) is 18.3 Å². The number of Topliss-reactive ketones (excluding diaryl/α,β-unsaturated/α-hetero) is 1. The summed E-state index contributed by atoms with van der Waals surface area (Å²) in [6, 6.07) is 0. The Kier molecular flexibility index (Phi) is 2.37. The van der Waals surface area contributed by atoms with E-state index >= 15 is 0 Å². The van der Waals surface area contributed by atoms with Crippen LogP contribution in [-0.4, -0.2) is 26.3 Å². The van der Waals surface area contributed by atoms with E-state index in [2.05, 4.69) is 9.97 Å². The molecular weight excluding hydrogens is 223 g/mol. The first-order valence-corrected chi connectivity index (χ1v) is 4.34. The third-order valence-corrected chi connectivity index (χ3v) is 2.05. The highest BCUT2D eigenvalue weighted by atomic mass is 19.4. The van der Waals surface area contributed by atoms with Crippen molar-refractivity contribution in [2.75, 3.05) is 0 Å². The smallest absolute Gasteiger partial charge is 0.301 e. The lowest BCUT2D eigenvalue weighted by Crippen LogP contribution is -2.25. The minimum absolute atomic E-state index is 0.194. The predicted molar refractivity (Wildman–Crippen MR) is 47.8 cm³/mol. The number of hydrogen-bond acceptors (Lipinski definition) is 3. The van der Waals surface area contributed by atoms with Crippen molar-refractivity contribution < 1.29 is 18.0 Å². The van der Waals surface area contributed by atoms with Crippen LogP contribution in [-0.2, 0) is 11.2 Å². The third-order valence-electron chi connectivity index (χ3n) is 2.05. The highest BCUT2D eigenvalue weighted by Gasteiger charge is 2.38. The molecule has 2 aromatic heterocycles. The van der Waals surface area contributed by atoms with Gasteiger partial charge in [-0.15, -0.1) is 0 Å². The normalized spacial score (nSPS) is 11.9. The SMILES string of the molecule is O=C(Cc1cnc2cnccn12)C(F)(F)F. The van der Waals surface area contributed by atoms with E-state index in [-0.39, 0.29) is 5.69 Å². The van der Waals surface area contributed by atoms with Gasteiger partial charge < -0.3 is 4.40 Å². The Labute approximate surface area is 87.7 Å². The first-order valence-electron chi connectivity index (χ1n) is 4.34. The van der Waals surface area contributed by atoms with Crippen molar-refractivity contribution in [3.63, 3.8) is 0 Å². The van der Waals surface area contributed by atoms with Crippen LogP contribution < -0.4 is 0 Å². The fourth-order valence-corrected chi connectivity index (χ4v) is 1.29. The molecule has 0 amide bonds. The third kappa shape index (κ3) is 1.88. The van der Waals surface area contributed by atoms with E-state index in [1.54, 1.807) is 0 Å². The number of aromatic nitrogens is 3. The summed E-state index contributed by atoms with van der Waals surface area (Å²) >= 11 is 0. The summed E-state index contributed by atoms with van der Waals surface area (Å²) in [4.78, 5) is 18.4. The van der Waals surface area contributed by atoms with E-state index in [0.29, 0.717) is 5.65 Å². The van der Waals surface area contributed by atoms with Crippen LogP contribution in [0.4, 0.5) is 13.2 Å². The maximum Gasteiger partial charge on any atom is 0.450 e. The van der Waals surface area contributed by atoms with Crippen LogP contribution in [0.25, 0.3) is 5.65 Å². The zero-order valence-corrected chi connectivity index (χ0v) is 7.90.